The molecule has 1 aromatic heterocycles. The fourth-order valence-corrected chi connectivity index (χ4v) is 1.75. The second kappa shape index (κ2) is 7.39. The van der Waals surface area contributed by atoms with Gasteiger partial charge in [0.05, 0.1) is 18.5 Å². The number of furan rings is 1. The third-order valence-electron chi connectivity index (χ3n) is 2.93. The molecular weight excluding hydrogens is 308 g/mol. The fourth-order valence-electron chi connectivity index (χ4n) is 1.75. The summed E-state index contributed by atoms with van der Waals surface area (Å²) in [4.78, 5) is 23.5. The maximum atomic E-state index is 13.4. The summed E-state index contributed by atoms with van der Waals surface area (Å²) in [5, 5.41) is 7.03. The summed E-state index contributed by atoms with van der Waals surface area (Å²) >= 11 is 0. The van der Waals surface area contributed by atoms with Crippen molar-refractivity contribution in [3.63, 3.8) is 0 Å². The van der Waals surface area contributed by atoms with Gasteiger partial charge in [0.25, 0.3) is 0 Å². The number of urea groups is 1. The van der Waals surface area contributed by atoms with Crippen LogP contribution in [0.15, 0.2) is 41.0 Å². The number of carbonyl (C=O) groups is 2. The van der Waals surface area contributed by atoms with E-state index in [1.807, 2.05) is 0 Å². The van der Waals surface area contributed by atoms with Crippen molar-refractivity contribution in [2.24, 2.45) is 0 Å². The van der Waals surface area contributed by atoms with Crippen molar-refractivity contribution in [1.82, 2.24) is 10.6 Å². The summed E-state index contributed by atoms with van der Waals surface area (Å²) in [6, 6.07) is 4.35. The number of hydrogen-bond acceptors (Lipinski definition) is 3. The molecule has 1 aromatic carbocycles. The van der Waals surface area contributed by atoms with Crippen molar-refractivity contribution in [1.29, 1.82) is 0 Å². The number of carbonyl (C=O) groups excluding carboxylic acids is 2. The van der Waals surface area contributed by atoms with E-state index >= 15 is 0 Å². The molecule has 6 nitrogen and oxygen atoms in total. The predicted octanol–water partition coefficient (Wildman–Crippen LogP) is 2.38. The van der Waals surface area contributed by atoms with Gasteiger partial charge in [0.15, 0.2) is 0 Å². The molecule has 122 valence electrons. The van der Waals surface area contributed by atoms with Crippen LogP contribution in [0, 0.1) is 11.6 Å². The first-order valence-corrected chi connectivity index (χ1v) is 6.78. The van der Waals surface area contributed by atoms with Gasteiger partial charge in [-0.15, -0.1) is 0 Å². The molecule has 0 bridgehead atoms. The number of anilines is 1. The Kier molecular flexibility index (Phi) is 5.29. The lowest BCUT2D eigenvalue weighted by Crippen LogP contribution is -2.46. The molecule has 1 unspecified atom stereocenters. The van der Waals surface area contributed by atoms with Gasteiger partial charge in [-0.2, -0.15) is 0 Å². The van der Waals surface area contributed by atoms with Gasteiger partial charge in [0, 0.05) is 6.07 Å². The summed E-state index contributed by atoms with van der Waals surface area (Å²) in [6.45, 7) is 1.64. The molecule has 2 aromatic rings. The smallest absolute Gasteiger partial charge is 0.319 e. The quantitative estimate of drug-likeness (QED) is 0.790. The summed E-state index contributed by atoms with van der Waals surface area (Å²) in [5.41, 5.74) is -0.314. The van der Waals surface area contributed by atoms with Crippen molar-refractivity contribution in [3.8, 4) is 0 Å². The molecule has 1 heterocycles. The van der Waals surface area contributed by atoms with E-state index in [2.05, 4.69) is 16.0 Å². The normalized spacial score (nSPS) is 11.6. The van der Waals surface area contributed by atoms with Crippen molar-refractivity contribution < 1.29 is 22.8 Å². The Morgan fingerprint density at radius 2 is 2.04 bits per heavy atom. The van der Waals surface area contributed by atoms with Gasteiger partial charge in [0.1, 0.15) is 23.4 Å². The monoisotopic (exact) mass is 323 g/mol. The zero-order chi connectivity index (χ0) is 16.8. The minimum Gasteiger partial charge on any atom is -0.467 e. The molecule has 0 aliphatic carbocycles. The second-order valence-electron chi connectivity index (χ2n) is 4.74. The fraction of sp³-hybridized carbons (Fsp3) is 0.200. The Labute approximate surface area is 130 Å². The van der Waals surface area contributed by atoms with Gasteiger partial charge in [-0.05, 0) is 31.2 Å². The molecule has 23 heavy (non-hydrogen) atoms. The van der Waals surface area contributed by atoms with Crippen LogP contribution in [0.4, 0.5) is 19.3 Å². The van der Waals surface area contributed by atoms with Crippen LogP contribution in [0.5, 0.6) is 0 Å². The van der Waals surface area contributed by atoms with Crippen LogP contribution in [0.25, 0.3) is 0 Å². The number of halogens is 2. The van der Waals surface area contributed by atoms with Gasteiger partial charge in [0.2, 0.25) is 5.91 Å². The maximum absolute atomic E-state index is 13.4. The molecular formula is C15H15F2N3O3. The van der Waals surface area contributed by atoms with Crippen LogP contribution in [0.1, 0.15) is 12.7 Å². The topological polar surface area (TPSA) is 83.4 Å². The van der Waals surface area contributed by atoms with Gasteiger partial charge in [-0.3, -0.25) is 4.79 Å². The molecule has 0 aliphatic rings. The van der Waals surface area contributed by atoms with E-state index in [0.29, 0.717) is 5.76 Å². The van der Waals surface area contributed by atoms with Crippen LogP contribution in [0.2, 0.25) is 0 Å². The van der Waals surface area contributed by atoms with Crippen LogP contribution in [-0.4, -0.2) is 18.0 Å². The summed E-state index contributed by atoms with van der Waals surface area (Å²) < 4.78 is 31.5. The molecule has 0 aliphatic heterocycles. The first kappa shape index (κ1) is 16.5. The van der Waals surface area contributed by atoms with E-state index in [1.54, 1.807) is 12.1 Å². The molecule has 2 rings (SSSR count). The van der Waals surface area contributed by atoms with Crippen molar-refractivity contribution in [2.45, 2.75) is 19.5 Å². The third kappa shape index (κ3) is 4.80. The van der Waals surface area contributed by atoms with Crippen molar-refractivity contribution in [2.75, 3.05) is 5.32 Å². The Morgan fingerprint density at radius 3 is 2.74 bits per heavy atom. The number of benzene rings is 1. The Morgan fingerprint density at radius 1 is 1.26 bits per heavy atom. The standard InChI is InChI=1S/C15H15F2N3O3/c1-9(14(21)18-8-11-3-2-6-23-11)19-15(22)20-13-7-10(16)4-5-12(13)17/h2-7,9H,8H2,1H3,(H,18,21)(H2,19,20,22). The number of nitrogens with one attached hydrogen (secondary N) is 3. The molecule has 3 N–H and O–H groups in total. The molecule has 3 amide bonds. The molecule has 0 saturated carbocycles. The van der Waals surface area contributed by atoms with Crippen LogP contribution in [0.3, 0.4) is 0 Å². The lowest BCUT2D eigenvalue weighted by Gasteiger charge is -2.14. The van der Waals surface area contributed by atoms with Crippen LogP contribution >= 0.6 is 0 Å². The highest BCUT2D eigenvalue weighted by Crippen LogP contribution is 2.14. The number of amides is 3. The molecule has 0 saturated heterocycles. The van der Waals surface area contributed by atoms with E-state index in [0.717, 1.165) is 18.2 Å². The minimum absolute atomic E-state index is 0.179. The van der Waals surface area contributed by atoms with Gasteiger partial charge < -0.3 is 20.4 Å². The number of rotatable bonds is 5. The Hall–Kier alpha value is -2.90. The first-order chi connectivity index (χ1) is 11.0. The summed E-state index contributed by atoms with van der Waals surface area (Å²) in [6.07, 6.45) is 1.48. The highest BCUT2D eigenvalue weighted by Gasteiger charge is 2.16. The highest BCUT2D eigenvalue weighted by atomic mass is 19.1. The number of hydrogen-bond donors (Lipinski definition) is 3. The van der Waals surface area contributed by atoms with E-state index in [-0.39, 0.29) is 12.2 Å². The van der Waals surface area contributed by atoms with E-state index in [4.69, 9.17) is 4.42 Å². The molecule has 1 atom stereocenters. The van der Waals surface area contributed by atoms with Crippen molar-refractivity contribution >= 4 is 17.6 Å². The van der Waals surface area contributed by atoms with Crippen molar-refractivity contribution in [3.05, 3.63) is 54.0 Å². The largest absolute Gasteiger partial charge is 0.467 e. The Balaban J connectivity index is 1.84. The zero-order valence-electron chi connectivity index (χ0n) is 12.2. The molecule has 8 heteroatoms. The van der Waals surface area contributed by atoms with Crippen LogP contribution in [-0.2, 0) is 11.3 Å². The SMILES string of the molecule is CC(NC(=O)Nc1cc(F)ccc1F)C(=O)NCc1ccco1. The second-order valence-corrected chi connectivity index (χ2v) is 4.74. The molecule has 0 radical (unpaired) electrons. The zero-order valence-corrected chi connectivity index (χ0v) is 12.2. The van der Waals surface area contributed by atoms with E-state index in [1.165, 1.54) is 13.2 Å². The maximum Gasteiger partial charge on any atom is 0.319 e. The van der Waals surface area contributed by atoms with Gasteiger partial charge >= 0.3 is 6.03 Å². The first-order valence-electron chi connectivity index (χ1n) is 6.78. The molecule has 0 fully saturated rings. The lowest BCUT2D eigenvalue weighted by atomic mass is 10.3. The Bertz CT molecular complexity index is 689. The summed E-state index contributed by atoms with van der Waals surface area (Å²) in [5.74, 6) is -1.35. The van der Waals surface area contributed by atoms with Gasteiger partial charge in [-0.25, -0.2) is 13.6 Å². The van der Waals surface area contributed by atoms with E-state index in [9.17, 15) is 18.4 Å². The summed E-state index contributed by atoms with van der Waals surface area (Å²) in [7, 11) is 0. The highest BCUT2D eigenvalue weighted by molar-refractivity contribution is 5.93. The average molecular weight is 323 g/mol. The predicted molar refractivity (Wildman–Crippen MR) is 78.5 cm³/mol. The van der Waals surface area contributed by atoms with E-state index < -0.39 is 29.6 Å². The van der Waals surface area contributed by atoms with Crippen LogP contribution < -0.4 is 16.0 Å². The molecule has 0 spiro atoms. The lowest BCUT2D eigenvalue weighted by molar-refractivity contribution is -0.122. The third-order valence-corrected chi connectivity index (χ3v) is 2.93. The minimum atomic E-state index is -0.874. The van der Waals surface area contributed by atoms with Gasteiger partial charge in [-0.1, -0.05) is 0 Å². The average Bonchev–Trinajstić information content (AvgIpc) is 3.01.